The molecule has 15 heavy (non-hydrogen) atoms. The van der Waals surface area contributed by atoms with Gasteiger partial charge in [0.1, 0.15) is 6.10 Å². The van der Waals surface area contributed by atoms with E-state index >= 15 is 0 Å². The predicted molar refractivity (Wildman–Crippen MR) is 63.5 cm³/mol. The number of hydrogen-bond donors (Lipinski definition) is 1. The first-order valence-corrected chi connectivity index (χ1v) is 8.58. The van der Waals surface area contributed by atoms with E-state index in [9.17, 15) is 5.11 Å². The summed E-state index contributed by atoms with van der Waals surface area (Å²) in [6.07, 6.45) is 0.291. The molecule has 0 amide bonds. The summed E-state index contributed by atoms with van der Waals surface area (Å²) in [5.74, 6) is 0. The Kier molecular flexibility index (Phi) is 3.98. The van der Waals surface area contributed by atoms with Gasteiger partial charge in [-0.1, -0.05) is 20.8 Å². The Labute approximate surface area is 93.9 Å². The zero-order valence-electron chi connectivity index (χ0n) is 10.5. The number of ether oxygens (including phenoxy) is 1. The van der Waals surface area contributed by atoms with Gasteiger partial charge < -0.3 is 14.3 Å². The molecule has 0 unspecified atom stereocenters. The second-order valence-corrected chi connectivity index (χ2v) is 10.6. The van der Waals surface area contributed by atoms with Crippen molar-refractivity contribution >= 4 is 8.32 Å². The summed E-state index contributed by atoms with van der Waals surface area (Å²) in [5, 5.41) is 9.82. The average molecular weight is 232 g/mol. The molecule has 0 aliphatic carbocycles. The molecule has 3 nitrogen and oxygen atoms in total. The molecular weight excluding hydrogens is 208 g/mol. The maximum Gasteiger partial charge on any atom is 0.192 e. The van der Waals surface area contributed by atoms with Crippen LogP contribution in [0, 0.1) is 0 Å². The first-order valence-electron chi connectivity index (χ1n) is 5.68. The monoisotopic (exact) mass is 232 g/mol. The first-order chi connectivity index (χ1) is 6.74. The molecule has 0 radical (unpaired) electrons. The molecule has 4 heteroatoms. The lowest BCUT2D eigenvalue weighted by molar-refractivity contribution is 0.00746. The average Bonchev–Trinajstić information content (AvgIpc) is 2.46. The molecule has 0 aromatic rings. The van der Waals surface area contributed by atoms with E-state index in [0.717, 1.165) is 6.42 Å². The minimum Gasteiger partial charge on any atom is -0.414 e. The minimum absolute atomic E-state index is 0.112. The molecule has 1 rings (SSSR count). The van der Waals surface area contributed by atoms with E-state index in [0.29, 0.717) is 13.2 Å². The lowest BCUT2D eigenvalue weighted by Crippen LogP contribution is -2.43. The highest BCUT2D eigenvalue weighted by atomic mass is 28.4. The SMILES string of the molecule is CC(C)(C)[Si](C)(C)OC[C@H]1OCC[C@@H]1O. The van der Waals surface area contributed by atoms with Gasteiger partial charge in [0.2, 0.25) is 0 Å². The summed E-state index contributed by atoms with van der Waals surface area (Å²) in [5.41, 5.74) is 0. The number of hydrogen-bond acceptors (Lipinski definition) is 3. The zero-order chi connectivity index (χ0) is 11.7. The number of rotatable bonds is 3. The van der Waals surface area contributed by atoms with E-state index in [1.54, 1.807) is 0 Å². The van der Waals surface area contributed by atoms with Gasteiger partial charge in [0.25, 0.3) is 0 Å². The third kappa shape index (κ3) is 3.28. The van der Waals surface area contributed by atoms with Gasteiger partial charge in [0.05, 0.1) is 12.7 Å². The van der Waals surface area contributed by atoms with E-state index in [1.807, 2.05) is 0 Å². The fraction of sp³-hybridized carbons (Fsp3) is 1.00. The van der Waals surface area contributed by atoms with Crippen molar-refractivity contribution in [3.8, 4) is 0 Å². The molecule has 0 bridgehead atoms. The van der Waals surface area contributed by atoms with Crippen LogP contribution in [0.2, 0.25) is 18.1 Å². The third-order valence-corrected chi connectivity index (χ3v) is 8.09. The number of aliphatic hydroxyl groups excluding tert-OH is 1. The highest BCUT2D eigenvalue weighted by molar-refractivity contribution is 6.74. The van der Waals surface area contributed by atoms with Crippen molar-refractivity contribution < 1.29 is 14.3 Å². The van der Waals surface area contributed by atoms with Crippen molar-refractivity contribution in [2.75, 3.05) is 13.2 Å². The quantitative estimate of drug-likeness (QED) is 0.758. The Morgan fingerprint density at radius 2 is 2.00 bits per heavy atom. The van der Waals surface area contributed by atoms with E-state index < -0.39 is 8.32 Å². The molecular formula is C11H24O3Si. The van der Waals surface area contributed by atoms with Crippen molar-refractivity contribution in [2.24, 2.45) is 0 Å². The Hall–Kier alpha value is 0.0969. The van der Waals surface area contributed by atoms with Gasteiger partial charge in [-0.15, -0.1) is 0 Å². The maximum atomic E-state index is 9.60. The molecule has 0 aromatic carbocycles. The molecule has 0 saturated carbocycles. The highest BCUT2D eigenvalue weighted by Crippen LogP contribution is 2.36. The van der Waals surface area contributed by atoms with Crippen LogP contribution >= 0.6 is 0 Å². The summed E-state index contributed by atoms with van der Waals surface area (Å²) in [4.78, 5) is 0. The highest BCUT2D eigenvalue weighted by Gasteiger charge is 2.38. The van der Waals surface area contributed by atoms with Crippen molar-refractivity contribution in [2.45, 2.75) is 57.5 Å². The van der Waals surface area contributed by atoms with E-state index in [4.69, 9.17) is 9.16 Å². The smallest absolute Gasteiger partial charge is 0.192 e. The van der Waals surface area contributed by atoms with E-state index in [1.165, 1.54) is 0 Å². The van der Waals surface area contributed by atoms with Crippen LogP contribution in [0.3, 0.4) is 0 Å². The van der Waals surface area contributed by atoms with Crippen LogP contribution in [0.5, 0.6) is 0 Å². The molecule has 0 aromatic heterocycles. The molecule has 2 atom stereocenters. The van der Waals surface area contributed by atoms with Crippen molar-refractivity contribution in [3.63, 3.8) is 0 Å². The minimum atomic E-state index is -1.69. The lowest BCUT2D eigenvalue weighted by atomic mass is 10.2. The fourth-order valence-corrected chi connectivity index (χ4v) is 2.32. The van der Waals surface area contributed by atoms with Crippen LogP contribution in [0.4, 0.5) is 0 Å². The summed E-state index contributed by atoms with van der Waals surface area (Å²) in [6.45, 7) is 12.3. The topological polar surface area (TPSA) is 38.7 Å². The summed E-state index contributed by atoms with van der Waals surface area (Å²) >= 11 is 0. The van der Waals surface area contributed by atoms with Crippen molar-refractivity contribution in [3.05, 3.63) is 0 Å². The second kappa shape index (κ2) is 4.53. The second-order valence-electron chi connectivity index (χ2n) is 5.84. The van der Waals surface area contributed by atoms with Gasteiger partial charge in [0, 0.05) is 6.61 Å². The van der Waals surface area contributed by atoms with Gasteiger partial charge in [0.15, 0.2) is 8.32 Å². The van der Waals surface area contributed by atoms with Crippen LogP contribution in [0.25, 0.3) is 0 Å². The summed E-state index contributed by atoms with van der Waals surface area (Å²) in [6, 6.07) is 0. The largest absolute Gasteiger partial charge is 0.414 e. The molecule has 1 fully saturated rings. The summed E-state index contributed by atoms with van der Waals surface area (Å²) < 4.78 is 11.4. The standard InChI is InChI=1S/C11H24O3Si/c1-11(2,3)15(4,5)14-8-10-9(12)6-7-13-10/h9-10,12H,6-8H2,1-5H3/t9-,10+/m0/s1. The molecule has 90 valence electrons. The van der Waals surface area contributed by atoms with Crippen LogP contribution in [-0.2, 0) is 9.16 Å². The Bertz CT molecular complexity index is 210. The van der Waals surface area contributed by atoms with Gasteiger partial charge in [-0.3, -0.25) is 0 Å². The van der Waals surface area contributed by atoms with Crippen LogP contribution < -0.4 is 0 Å². The molecule has 0 spiro atoms. The fourth-order valence-electron chi connectivity index (χ4n) is 1.30. The molecule has 1 aliphatic rings. The zero-order valence-corrected chi connectivity index (χ0v) is 11.5. The Morgan fingerprint density at radius 3 is 2.40 bits per heavy atom. The van der Waals surface area contributed by atoms with Crippen LogP contribution in [-0.4, -0.2) is 38.8 Å². The Balaban J connectivity index is 2.42. The molecule has 1 heterocycles. The van der Waals surface area contributed by atoms with Gasteiger partial charge in [-0.25, -0.2) is 0 Å². The lowest BCUT2D eigenvalue weighted by Gasteiger charge is -2.37. The molecule has 1 saturated heterocycles. The maximum absolute atomic E-state index is 9.60. The Morgan fingerprint density at radius 1 is 1.40 bits per heavy atom. The summed E-state index contributed by atoms with van der Waals surface area (Å²) in [7, 11) is -1.69. The van der Waals surface area contributed by atoms with Gasteiger partial charge in [-0.2, -0.15) is 0 Å². The normalized spacial score (nSPS) is 28.4. The third-order valence-electron chi connectivity index (χ3n) is 3.59. The first kappa shape index (κ1) is 13.2. The van der Waals surface area contributed by atoms with Crippen molar-refractivity contribution in [1.82, 2.24) is 0 Å². The van der Waals surface area contributed by atoms with Crippen LogP contribution in [0.1, 0.15) is 27.2 Å². The number of aliphatic hydroxyl groups is 1. The molecule has 1 N–H and O–H groups in total. The van der Waals surface area contributed by atoms with Gasteiger partial charge >= 0.3 is 0 Å². The van der Waals surface area contributed by atoms with E-state index in [-0.39, 0.29) is 17.2 Å². The van der Waals surface area contributed by atoms with Crippen LogP contribution in [0.15, 0.2) is 0 Å². The van der Waals surface area contributed by atoms with E-state index in [2.05, 4.69) is 33.9 Å². The van der Waals surface area contributed by atoms with Gasteiger partial charge in [-0.05, 0) is 24.6 Å². The van der Waals surface area contributed by atoms with Crippen molar-refractivity contribution in [1.29, 1.82) is 0 Å². The predicted octanol–water partition coefficient (Wildman–Crippen LogP) is 2.16. The molecule has 1 aliphatic heterocycles.